The van der Waals surface area contributed by atoms with Gasteiger partial charge in [0.2, 0.25) is 0 Å². The molecule has 0 N–H and O–H groups in total. The summed E-state index contributed by atoms with van der Waals surface area (Å²) in [6, 6.07) is 2.66. The molecule has 0 aromatic carbocycles. The quantitative estimate of drug-likeness (QED) is 0.402. The Labute approximate surface area is 74.6 Å². The topological polar surface area (TPSA) is 73.1 Å². The molecule has 1 aromatic heterocycles. The Morgan fingerprint density at radius 1 is 1.69 bits per heavy atom. The molecule has 1 heterocycles. The van der Waals surface area contributed by atoms with Crippen molar-refractivity contribution < 1.29 is 9.72 Å². The van der Waals surface area contributed by atoms with Crippen molar-refractivity contribution >= 4 is 11.6 Å². The predicted octanol–water partition coefficient (Wildman–Crippen LogP) is 1.58. The molecule has 0 fully saturated rings. The Hall–Kier alpha value is -1.78. The van der Waals surface area contributed by atoms with Crippen LogP contribution in [0.5, 0.6) is 0 Å². The fraction of sp³-hybridized carbons (Fsp3) is 0.250. The molecule has 0 aliphatic rings. The van der Waals surface area contributed by atoms with Gasteiger partial charge in [-0.25, -0.2) is 0 Å². The number of Topliss-reactive ketones (excluding diaryl/α,β-unsaturated/α-hetero) is 1. The molecule has 0 aliphatic heterocycles. The Morgan fingerprint density at radius 3 is 2.92 bits per heavy atom. The zero-order chi connectivity index (χ0) is 9.84. The Balaban J connectivity index is 3.05. The molecule has 5 nitrogen and oxygen atoms in total. The first-order chi connectivity index (χ1) is 6.15. The molecule has 5 heteroatoms. The van der Waals surface area contributed by atoms with Crippen molar-refractivity contribution in [3.05, 3.63) is 34.0 Å². The van der Waals surface area contributed by atoms with Crippen LogP contribution in [0, 0.1) is 10.1 Å². The van der Waals surface area contributed by atoms with Crippen molar-refractivity contribution in [1.82, 2.24) is 4.98 Å². The number of rotatable bonds is 3. The van der Waals surface area contributed by atoms with Crippen LogP contribution in [0.3, 0.4) is 0 Å². The van der Waals surface area contributed by atoms with Gasteiger partial charge in [-0.2, -0.15) is 0 Å². The fourth-order valence-corrected chi connectivity index (χ4v) is 0.896. The van der Waals surface area contributed by atoms with E-state index in [-0.39, 0.29) is 11.6 Å². The fourth-order valence-electron chi connectivity index (χ4n) is 0.896. The molecule has 0 atom stereocenters. The molecule has 0 unspecified atom stereocenters. The van der Waals surface area contributed by atoms with E-state index < -0.39 is 4.92 Å². The van der Waals surface area contributed by atoms with Gasteiger partial charge in [0.1, 0.15) is 6.20 Å². The second-order valence-electron chi connectivity index (χ2n) is 2.44. The summed E-state index contributed by atoms with van der Waals surface area (Å²) in [5.74, 6) is -0.412. The number of nitrogens with zero attached hydrogens (tertiary/aromatic N) is 2. The van der Waals surface area contributed by atoms with E-state index in [0.29, 0.717) is 12.0 Å². The summed E-state index contributed by atoms with van der Waals surface area (Å²) >= 11 is 0. The summed E-state index contributed by atoms with van der Waals surface area (Å²) in [6.07, 6.45) is 1.60. The molecule has 1 rings (SSSR count). The maximum absolute atomic E-state index is 11.1. The molecular weight excluding hydrogens is 172 g/mol. The maximum atomic E-state index is 11.1. The highest BCUT2D eigenvalue weighted by Gasteiger charge is 2.10. The third kappa shape index (κ3) is 2.08. The van der Waals surface area contributed by atoms with Crippen LogP contribution < -0.4 is 0 Å². The number of hydrogen-bond acceptors (Lipinski definition) is 4. The smallest absolute Gasteiger partial charge is 0.358 e. The number of pyridine rings is 1. The minimum absolute atomic E-state index is 0.120. The van der Waals surface area contributed by atoms with Crippen molar-refractivity contribution in [2.45, 2.75) is 13.3 Å². The average Bonchev–Trinajstić information content (AvgIpc) is 2.17. The lowest BCUT2D eigenvalue weighted by Crippen LogP contribution is -1.99. The zero-order valence-corrected chi connectivity index (χ0v) is 7.06. The molecule has 0 saturated heterocycles. The van der Waals surface area contributed by atoms with Crippen LogP contribution in [0.4, 0.5) is 5.82 Å². The number of carbonyl (C=O) groups is 1. The van der Waals surface area contributed by atoms with Crippen molar-refractivity contribution in [2.75, 3.05) is 0 Å². The summed E-state index contributed by atoms with van der Waals surface area (Å²) < 4.78 is 0. The normalized spacial score (nSPS) is 9.62. The first-order valence-electron chi connectivity index (χ1n) is 3.78. The molecule has 1 aromatic rings. The number of nitro groups is 1. The van der Waals surface area contributed by atoms with E-state index in [9.17, 15) is 14.9 Å². The van der Waals surface area contributed by atoms with Crippen molar-refractivity contribution in [2.24, 2.45) is 0 Å². The Bertz CT molecular complexity index is 349. The van der Waals surface area contributed by atoms with E-state index in [4.69, 9.17) is 0 Å². The molecule has 0 saturated carbocycles. The first kappa shape index (κ1) is 9.31. The van der Waals surface area contributed by atoms with Crippen LogP contribution in [0.2, 0.25) is 0 Å². The minimum atomic E-state index is -0.619. The van der Waals surface area contributed by atoms with Crippen molar-refractivity contribution in [1.29, 1.82) is 0 Å². The van der Waals surface area contributed by atoms with E-state index in [1.54, 1.807) is 6.92 Å². The molecule has 0 aliphatic carbocycles. The van der Waals surface area contributed by atoms with E-state index in [2.05, 4.69) is 4.98 Å². The van der Waals surface area contributed by atoms with Gasteiger partial charge in [0.25, 0.3) is 0 Å². The molecular formula is C8H8N2O3. The summed E-state index contributed by atoms with van der Waals surface area (Å²) in [7, 11) is 0. The molecule has 0 amide bonds. The van der Waals surface area contributed by atoms with Crippen LogP contribution in [0.15, 0.2) is 18.3 Å². The van der Waals surface area contributed by atoms with Crippen LogP contribution in [-0.4, -0.2) is 15.7 Å². The maximum Gasteiger partial charge on any atom is 0.364 e. The average molecular weight is 180 g/mol. The first-order valence-corrected chi connectivity index (χ1v) is 3.78. The van der Waals surface area contributed by atoms with Gasteiger partial charge in [-0.1, -0.05) is 6.92 Å². The third-order valence-electron chi connectivity index (χ3n) is 1.58. The highest BCUT2D eigenvalue weighted by atomic mass is 16.6. The molecule has 0 spiro atoms. The number of hydrogen-bond donors (Lipinski definition) is 0. The van der Waals surface area contributed by atoms with Gasteiger partial charge in [-0.15, -0.1) is 0 Å². The van der Waals surface area contributed by atoms with Gasteiger partial charge in [-0.3, -0.25) is 4.79 Å². The second kappa shape index (κ2) is 3.75. The van der Waals surface area contributed by atoms with Gasteiger partial charge in [-0.05, 0) is 16.0 Å². The van der Waals surface area contributed by atoms with Crippen LogP contribution in [-0.2, 0) is 0 Å². The van der Waals surface area contributed by atoms with Gasteiger partial charge >= 0.3 is 5.82 Å². The summed E-state index contributed by atoms with van der Waals surface area (Å²) in [4.78, 5) is 24.3. The van der Waals surface area contributed by atoms with E-state index in [1.165, 1.54) is 18.3 Å². The highest BCUT2D eigenvalue weighted by Crippen LogP contribution is 2.10. The van der Waals surface area contributed by atoms with Crippen LogP contribution in [0.25, 0.3) is 0 Å². The lowest BCUT2D eigenvalue weighted by molar-refractivity contribution is -0.389. The molecule has 68 valence electrons. The standard InChI is InChI=1S/C8H8N2O3/c1-2-7(11)6-3-4-9-8(5-6)10(12)13/h3-5H,2H2,1H3. The van der Waals surface area contributed by atoms with Crippen LogP contribution >= 0.6 is 0 Å². The minimum Gasteiger partial charge on any atom is -0.358 e. The second-order valence-corrected chi connectivity index (χ2v) is 2.44. The third-order valence-corrected chi connectivity index (χ3v) is 1.58. The zero-order valence-electron chi connectivity index (χ0n) is 7.06. The van der Waals surface area contributed by atoms with E-state index >= 15 is 0 Å². The summed E-state index contributed by atoms with van der Waals surface area (Å²) in [6.45, 7) is 1.70. The monoisotopic (exact) mass is 180 g/mol. The van der Waals surface area contributed by atoms with E-state index in [1.807, 2.05) is 0 Å². The Kier molecular flexibility index (Phi) is 2.69. The number of carbonyl (C=O) groups excluding carboxylic acids is 1. The van der Waals surface area contributed by atoms with E-state index in [0.717, 1.165) is 0 Å². The molecule has 13 heavy (non-hydrogen) atoms. The lowest BCUT2D eigenvalue weighted by atomic mass is 10.1. The van der Waals surface area contributed by atoms with Gasteiger partial charge in [0.05, 0.1) is 0 Å². The molecule has 0 radical (unpaired) electrons. The lowest BCUT2D eigenvalue weighted by Gasteiger charge is -1.95. The SMILES string of the molecule is CCC(=O)c1ccnc([N+](=O)[O-])c1. The van der Waals surface area contributed by atoms with Gasteiger partial charge < -0.3 is 10.1 Å². The summed E-state index contributed by atoms with van der Waals surface area (Å²) in [5, 5.41) is 10.3. The highest BCUT2D eigenvalue weighted by molar-refractivity contribution is 5.96. The Morgan fingerprint density at radius 2 is 2.38 bits per heavy atom. The summed E-state index contributed by atoms with van der Waals surface area (Å²) in [5.41, 5.74) is 0.337. The number of ketones is 1. The number of aromatic nitrogens is 1. The predicted molar refractivity (Wildman–Crippen MR) is 45.5 cm³/mol. The van der Waals surface area contributed by atoms with Crippen molar-refractivity contribution in [3.8, 4) is 0 Å². The van der Waals surface area contributed by atoms with Crippen LogP contribution in [0.1, 0.15) is 23.7 Å². The largest absolute Gasteiger partial charge is 0.364 e. The molecule has 0 bridgehead atoms. The van der Waals surface area contributed by atoms with Gasteiger partial charge in [0.15, 0.2) is 5.78 Å². The van der Waals surface area contributed by atoms with Gasteiger partial charge in [0, 0.05) is 18.1 Å². The van der Waals surface area contributed by atoms with Crippen molar-refractivity contribution in [3.63, 3.8) is 0 Å².